The number of urea groups is 1. The molecule has 2 aliphatic heterocycles. The Balaban J connectivity index is 1.70. The zero-order chi connectivity index (χ0) is 19.7. The number of nitrogens with one attached hydrogen (secondary N) is 1. The molecule has 0 aliphatic carbocycles. The maximum absolute atomic E-state index is 12.4. The number of β-amino-alcohol motifs (C(OH)–C–C–N with tert-alkyl or cyclic N) is 1. The van der Waals surface area contributed by atoms with Gasteiger partial charge in [-0.2, -0.15) is 0 Å². The molecule has 3 amide bonds. The van der Waals surface area contributed by atoms with Gasteiger partial charge < -0.3 is 24.5 Å². The van der Waals surface area contributed by atoms with E-state index in [1.54, 1.807) is 30.9 Å². The van der Waals surface area contributed by atoms with Gasteiger partial charge in [0.2, 0.25) is 0 Å². The predicted octanol–water partition coefficient (Wildman–Crippen LogP) is -0.156. The number of guanidine groups is 1. The first-order valence-electron chi connectivity index (χ1n) is 8.75. The summed E-state index contributed by atoms with van der Waals surface area (Å²) in [5.41, 5.74) is 1.07. The lowest BCUT2D eigenvalue weighted by Gasteiger charge is -2.37. The first-order chi connectivity index (χ1) is 12.8. The number of carbonyl (C=O) groups is 2. The van der Waals surface area contributed by atoms with Crippen molar-refractivity contribution >= 4 is 17.9 Å². The van der Waals surface area contributed by atoms with Crippen LogP contribution in [0.1, 0.15) is 5.56 Å². The summed E-state index contributed by atoms with van der Waals surface area (Å²) in [6.07, 6.45) is -1.46. The summed E-state index contributed by atoms with van der Waals surface area (Å²) in [7, 11) is 5.20. The number of ether oxygens (including phenoxy) is 1. The molecule has 3 rings (SSSR count). The Labute approximate surface area is 158 Å². The van der Waals surface area contributed by atoms with Crippen LogP contribution in [0.25, 0.3) is 0 Å². The van der Waals surface area contributed by atoms with Gasteiger partial charge in [-0.3, -0.25) is 10.1 Å². The maximum atomic E-state index is 12.4. The number of imide groups is 1. The molecular weight excluding hydrogens is 350 g/mol. The summed E-state index contributed by atoms with van der Waals surface area (Å²) in [5.74, 6) is 0.794. The van der Waals surface area contributed by atoms with Gasteiger partial charge in [0.05, 0.1) is 6.54 Å². The number of rotatable bonds is 5. The zero-order valence-corrected chi connectivity index (χ0v) is 15.9. The molecular formula is C18H25N5O4. The molecule has 2 heterocycles. The highest BCUT2D eigenvalue weighted by Gasteiger charge is 2.49. The molecule has 2 N–H and O–H groups in total. The van der Waals surface area contributed by atoms with Gasteiger partial charge in [-0.15, -0.1) is 0 Å². The van der Waals surface area contributed by atoms with Crippen LogP contribution >= 0.6 is 0 Å². The molecule has 1 aromatic rings. The number of likely N-dealkylation sites (N-methyl/N-ethyl adjacent to an activating group) is 1. The molecule has 3 atom stereocenters. The van der Waals surface area contributed by atoms with Gasteiger partial charge in [0.1, 0.15) is 18.5 Å². The van der Waals surface area contributed by atoms with Crippen molar-refractivity contribution in [3.63, 3.8) is 0 Å². The van der Waals surface area contributed by atoms with Crippen LogP contribution in [0.4, 0.5) is 4.79 Å². The van der Waals surface area contributed by atoms with Crippen LogP contribution in [-0.4, -0.2) is 90.3 Å². The van der Waals surface area contributed by atoms with Gasteiger partial charge in [0, 0.05) is 21.1 Å². The lowest BCUT2D eigenvalue weighted by molar-refractivity contribution is -0.127. The number of benzene rings is 1. The SMILES string of the molecule is Cc1cccc(OCC(O)CN2C(N(C)C)=NC3C2C(=O)NC(=O)N3C)c1. The Morgan fingerprint density at radius 1 is 1.37 bits per heavy atom. The van der Waals surface area contributed by atoms with Crippen LogP contribution in [-0.2, 0) is 4.79 Å². The molecule has 1 aromatic carbocycles. The smallest absolute Gasteiger partial charge is 0.325 e. The molecule has 1 fully saturated rings. The second kappa shape index (κ2) is 7.43. The van der Waals surface area contributed by atoms with E-state index in [0.717, 1.165) is 5.56 Å². The fourth-order valence-corrected chi connectivity index (χ4v) is 3.26. The van der Waals surface area contributed by atoms with Crippen molar-refractivity contribution < 1.29 is 19.4 Å². The standard InChI is InChI=1S/C18H25N5O4/c1-11-6-5-7-13(8-11)27-10-12(24)9-23-14-15(19-17(23)21(2)3)22(4)18(26)20-16(14)25/h5-8,12,14-15,24H,9-10H2,1-4H3,(H,20,25,26). The normalized spacial score (nSPS) is 22.9. The minimum Gasteiger partial charge on any atom is -0.491 e. The fourth-order valence-electron chi connectivity index (χ4n) is 3.26. The summed E-state index contributed by atoms with van der Waals surface area (Å²) in [6.45, 7) is 2.20. The van der Waals surface area contributed by atoms with Crippen molar-refractivity contribution in [1.82, 2.24) is 20.0 Å². The Kier molecular flexibility index (Phi) is 5.22. The minimum atomic E-state index is -0.842. The maximum Gasteiger partial charge on any atom is 0.325 e. The number of aliphatic imine (C=N–C) groups is 1. The van der Waals surface area contributed by atoms with Crippen molar-refractivity contribution in [1.29, 1.82) is 0 Å². The largest absolute Gasteiger partial charge is 0.491 e. The van der Waals surface area contributed by atoms with E-state index in [2.05, 4.69) is 10.3 Å². The third-order valence-corrected chi connectivity index (χ3v) is 4.58. The molecule has 0 spiro atoms. The quantitative estimate of drug-likeness (QED) is 0.743. The van der Waals surface area contributed by atoms with Crippen LogP contribution in [0.3, 0.4) is 0 Å². The molecule has 1 saturated heterocycles. The van der Waals surface area contributed by atoms with E-state index in [1.165, 1.54) is 4.90 Å². The highest BCUT2D eigenvalue weighted by atomic mass is 16.5. The van der Waals surface area contributed by atoms with Gasteiger partial charge in [-0.05, 0) is 24.6 Å². The topological polar surface area (TPSA) is 97.7 Å². The summed E-state index contributed by atoms with van der Waals surface area (Å²) in [5, 5.41) is 12.8. The lowest BCUT2D eigenvalue weighted by Crippen LogP contribution is -2.64. The van der Waals surface area contributed by atoms with Gasteiger partial charge in [-0.1, -0.05) is 12.1 Å². The van der Waals surface area contributed by atoms with E-state index < -0.39 is 30.2 Å². The van der Waals surface area contributed by atoms with Crippen molar-refractivity contribution in [2.24, 2.45) is 4.99 Å². The molecule has 0 saturated carbocycles. The van der Waals surface area contributed by atoms with Gasteiger partial charge in [0.25, 0.3) is 5.91 Å². The Morgan fingerprint density at radius 3 is 2.78 bits per heavy atom. The van der Waals surface area contributed by atoms with E-state index >= 15 is 0 Å². The molecule has 2 aliphatic rings. The lowest BCUT2D eigenvalue weighted by atomic mass is 10.1. The summed E-state index contributed by atoms with van der Waals surface area (Å²) < 4.78 is 5.66. The van der Waals surface area contributed by atoms with E-state index in [1.807, 2.05) is 31.2 Å². The number of carbonyl (C=O) groups excluding carboxylic acids is 2. The number of aliphatic hydroxyl groups excluding tert-OH is 1. The molecule has 9 nitrogen and oxygen atoms in total. The van der Waals surface area contributed by atoms with E-state index in [9.17, 15) is 14.7 Å². The third-order valence-electron chi connectivity index (χ3n) is 4.58. The van der Waals surface area contributed by atoms with Gasteiger partial charge >= 0.3 is 6.03 Å². The highest BCUT2D eigenvalue weighted by molar-refractivity contribution is 6.03. The van der Waals surface area contributed by atoms with E-state index in [4.69, 9.17) is 4.74 Å². The highest BCUT2D eigenvalue weighted by Crippen LogP contribution is 2.25. The number of aliphatic hydroxyl groups is 1. The van der Waals surface area contributed by atoms with E-state index in [0.29, 0.717) is 11.7 Å². The number of aryl methyl sites for hydroxylation is 1. The van der Waals surface area contributed by atoms with Crippen molar-refractivity contribution in [2.45, 2.75) is 25.2 Å². The Morgan fingerprint density at radius 2 is 2.11 bits per heavy atom. The first kappa shape index (κ1) is 19.0. The molecule has 27 heavy (non-hydrogen) atoms. The monoisotopic (exact) mass is 375 g/mol. The van der Waals surface area contributed by atoms with Crippen LogP contribution < -0.4 is 10.1 Å². The van der Waals surface area contributed by atoms with Crippen LogP contribution in [0.2, 0.25) is 0 Å². The van der Waals surface area contributed by atoms with Crippen molar-refractivity contribution in [3.05, 3.63) is 29.8 Å². The van der Waals surface area contributed by atoms with Crippen molar-refractivity contribution in [2.75, 3.05) is 34.3 Å². The summed E-state index contributed by atoms with van der Waals surface area (Å²) in [4.78, 5) is 33.7. The van der Waals surface area contributed by atoms with Crippen molar-refractivity contribution in [3.8, 4) is 5.75 Å². The van der Waals surface area contributed by atoms with Gasteiger partial charge in [0.15, 0.2) is 18.2 Å². The molecule has 0 bridgehead atoms. The molecule has 146 valence electrons. The number of nitrogens with zero attached hydrogens (tertiary/aromatic N) is 4. The average molecular weight is 375 g/mol. The second-order valence-corrected chi connectivity index (χ2v) is 7.02. The molecule has 3 unspecified atom stereocenters. The van der Waals surface area contributed by atoms with Crippen LogP contribution in [0, 0.1) is 6.92 Å². The number of hydrogen-bond acceptors (Lipinski definition) is 7. The average Bonchev–Trinajstić information content (AvgIpc) is 2.98. The van der Waals surface area contributed by atoms with Crippen LogP contribution in [0.5, 0.6) is 5.75 Å². The second-order valence-electron chi connectivity index (χ2n) is 7.02. The summed E-state index contributed by atoms with van der Waals surface area (Å²) >= 11 is 0. The Hall–Kier alpha value is -2.81. The number of fused-ring (bicyclic) bond motifs is 1. The molecule has 9 heteroatoms. The van der Waals surface area contributed by atoms with Crippen LogP contribution in [0.15, 0.2) is 29.3 Å². The number of amides is 3. The van der Waals surface area contributed by atoms with Gasteiger partial charge in [-0.25, -0.2) is 9.79 Å². The predicted molar refractivity (Wildman–Crippen MR) is 99.4 cm³/mol. The first-order valence-corrected chi connectivity index (χ1v) is 8.75. The summed E-state index contributed by atoms with van der Waals surface area (Å²) in [6, 6.07) is 6.41. The third kappa shape index (κ3) is 3.82. The Bertz CT molecular complexity index is 766. The molecule has 0 aromatic heterocycles. The number of hydrogen-bond donors (Lipinski definition) is 2. The fraction of sp³-hybridized carbons (Fsp3) is 0.500. The van der Waals surface area contributed by atoms with E-state index in [-0.39, 0.29) is 13.2 Å². The zero-order valence-electron chi connectivity index (χ0n) is 15.9. The molecule has 0 radical (unpaired) electrons. The minimum absolute atomic E-state index is 0.0778.